The summed E-state index contributed by atoms with van der Waals surface area (Å²) >= 11 is 0. The molecule has 0 saturated heterocycles. The van der Waals surface area contributed by atoms with Gasteiger partial charge in [-0.05, 0) is 18.2 Å². The lowest BCUT2D eigenvalue weighted by atomic mass is 10.2. The Morgan fingerprint density at radius 2 is 1.57 bits per heavy atom. The number of hydrogen-bond acceptors (Lipinski definition) is 4. The van der Waals surface area contributed by atoms with Crippen LogP contribution < -0.4 is 24.8 Å². The molecule has 10 heteroatoms. The van der Waals surface area contributed by atoms with Gasteiger partial charge >= 0.3 is 6.18 Å². The Kier molecular flexibility index (Phi) is 10.6. The molecule has 0 aliphatic rings. The minimum atomic E-state index is -4.39. The van der Waals surface area contributed by atoms with E-state index >= 15 is 0 Å². The van der Waals surface area contributed by atoms with Crippen LogP contribution in [0.1, 0.15) is 11.1 Å². The molecule has 30 heavy (non-hydrogen) atoms. The molecule has 0 amide bonds. The van der Waals surface area contributed by atoms with Crippen molar-refractivity contribution in [2.24, 2.45) is 4.99 Å². The highest BCUT2D eigenvalue weighted by Crippen LogP contribution is 2.24. The van der Waals surface area contributed by atoms with Crippen LogP contribution in [0.4, 0.5) is 13.2 Å². The van der Waals surface area contributed by atoms with Crippen molar-refractivity contribution >= 4 is 29.9 Å². The molecule has 0 heterocycles. The number of nitrogens with one attached hydrogen (secondary N) is 2. The first kappa shape index (κ1) is 25.7. The molecule has 0 aliphatic heterocycles. The summed E-state index contributed by atoms with van der Waals surface area (Å²) in [6, 6.07) is 12.0. The number of aliphatic imine (C=N–C) groups is 1. The third-order valence-corrected chi connectivity index (χ3v) is 3.97. The molecule has 0 aliphatic carbocycles. The normalized spacial score (nSPS) is 11.3. The summed E-state index contributed by atoms with van der Waals surface area (Å²) in [5.41, 5.74) is 1.48. The number of halogens is 4. The topological polar surface area (TPSA) is 64.1 Å². The monoisotopic (exact) mass is 539 g/mol. The summed E-state index contributed by atoms with van der Waals surface area (Å²) in [6.45, 7) is -0.666. The number of guanidine groups is 1. The number of rotatable bonds is 8. The fourth-order valence-electron chi connectivity index (χ4n) is 2.53. The molecule has 0 aromatic heterocycles. The highest BCUT2D eigenvalue weighted by molar-refractivity contribution is 14.0. The number of methoxy groups -OCH3 is 2. The van der Waals surface area contributed by atoms with Crippen LogP contribution in [-0.2, 0) is 13.1 Å². The number of alkyl halides is 3. The summed E-state index contributed by atoms with van der Waals surface area (Å²) in [7, 11) is 4.75. The Morgan fingerprint density at radius 1 is 0.933 bits per heavy atom. The lowest BCUT2D eigenvalue weighted by Gasteiger charge is -2.16. The van der Waals surface area contributed by atoms with E-state index in [1.807, 2.05) is 12.1 Å². The van der Waals surface area contributed by atoms with Crippen molar-refractivity contribution in [3.8, 4) is 17.2 Å². The van der Waals surface area contributed by atoms with Gasteiger partial charge in [0.15, 0.2) is 12.6 Å². The molecule has 166 valence electrons. The Hall–Kier alpha value is -2.37. The second-order valence-electron chi connectivity index (χ2n) is 5.97. The predicted octanol–water partition coefficient (Wildman–Crippen LogP) is 4.13. The van der Waals surface area contributed by atoms with Gasteiger partial charge in [0.1, 0.15) is 17.2 Å². The number of benzene rings is 2. The standard InChI is InChI=1S/C20H24F3N3O3.HI/c1-24-19(26-12-15-8-9-16(27-2)10-18(15)28-3)25-11-14-6-4-5-7-17(14)29-13-20(21,22)23;/h4-10H,11-13H2,1-3H3,(H2,24,25,26);1H. The minimum Gasteiger partial charge on any atom is -0.497 e. The lowest BCUT2D eigenvalue weighted by Crippen LogP contribution is -2.36. The van der Waals surface area contributed by atoms with Crippen LogP contribution >= 0.6 is 24.0 Å². The first-order chi connectivity index (χ1) is 13.9. The van der Waals surface area contributed by atoms with E-state index < -0.39 is 12.8 Å². The van der Waals surface area contributed by atoms with E-state index in [0.29, 0.717) is 29.6 Å². The Bertz CT molecular complexity index is 832. The highest BCUT2D eigenvalue weighted by atomic mass is 127. The van der Waals surface area contributed by atoms with Crippen LogP contribution in [0, 0.1) is 0 Å². The molecule has 0 saturated carbocycles. The average Bonchev–Trinajstić information content (AvgIpc) is 2.72. The molecule has 0 fully saturated rings. The predicted molar refractivity (Wildman–Crippen MR) is 120 cm³/mol. The quantitative estimate of drug-likeness (QED) is 0.300. The van der Waals surface area contributed by atoms with Crippen LogP contribution in [0.15, 0.2) is 47.5 Å². The second kappa shape index (κ2) is 12.4. The molecule has 0 atom stereocenters. The molecule has 6 nitrogen and oxygen atoms in total. The number of hydrogen-bond donors (Lipinski definition) is 2. The second-order valence-corrected chi connectivity index (χ2v) is 5.97. The third-order valence-electron chi connectivity index (χ3n) is 3.97. The van der Waals surface area contributed by atoms with Crippen LogP contribution in [0.3, 0.4) is 0 Å². The maximum atomic E-state index is 12.4. The molecule has 2 N–H and O–H groups in total. The van der Waals surface area contributed by atoms with Crippen molar-refractivity contribution in [2.45, 2.75) is 19.3 Å². The molecular formula is C20H25F3IN3O3. The molecule has 0 unspecified atom stereocenters. The molecule has 0 radical (unpaired) electrons. The van der Waals surface area contributed by atoms with E-state index in [1.54, 1.807) is 45.5 Å². The van der Waals surface area contributed by atoms with Crippen molar-refractivity contribution in [1.82, 2.24) is 10.6 Å². The zero-order valence-electron chi connectivity index (χ0n) is 16.9. The third kappa shape index (κ3) is 8.17. The van der Waals surface area contributed by atoms with Gasteiger partial charge in [-0.3, -0.25) is 4.99 Å². The van der Waals surface area contributed by atoms with E-state index in [4.69, 9.17) is 14.2 Å². The van der Waals surface area contributed by atoms with E-state index in [1.165, 1.54) is 6.07 Å². The average molecular weight is 539 g/mol. The summed E-state index contributed by atoms with van der Waals surface area (Å²) in [5, 5.41) is 6.21. The van der Waals surface area contributed by atoms with Crippen molar-refractivity contribution in [1.29, 1.82) is 0 Å². The molecule has 2 aromatic rings. The Balaban J connectivity index is 0.00000450. The van der Waals surface area contributed by atoms with Crippen molar-refractivity contribution in [3.63, 3.8) is 0 Å². The van der Waals surface area contributed by atoms with E-state index in [0.717, 1.165) is 5.56 Å². The summed E-state index contributed by atoms with van der Waals surface area (Å²) < 4.78 is 52.7. The molecule has 0 spiro atoms. The van der Waals surface area contributed by atoms with Gasteiger partial charge in [-0.1, -0.05) is 18.2 Å². The summed E-state index contributed by atoms with van der Waals surface area (Å²) in [6.07, 6.45) is -4.39. The highest BCUT2D eigenvalue weighted by Gasteiger charge is 2.28. The maximum absolute atomic E-state index is 12.4. The fourth-order valence-corrected chi connectivity index (χ4v) is 2.53. The maximum Gasteiger partial charge on any atom is 0.422 e. The molecule has 2 rings (SSSR count). The molecule has 0 bridgehead atoms. The van der Waals surface area contributed by atoms with Crippen molar-refractivity contribution < 1.29 is 27.4 Å². The largest absolute Gasteiger partial charge is 0.497 e. The van der Waals surface area contributed by atoms with E-state index in [9.17, 15) is 13.2 Å². The van der Waals surface area contributed by atoms with Gasteiger partial charge in [0.25, 0.3) is 0 Å². The molecular weight excluding hydrogens is 514 g/mol. The molecule has 2 aromatic carbocycles. The van der Waals surface area contributed by atoms with Gasteiger partial charge in [0, 0.05) is 37.3 Å². The smallest absolute Gasteiger partial charge is 0.422 e. The van der Waals surface area contributed by atoms with Gasteiger partial charge in [-0.25, -0.2) is 0 Å². The first-order valence-corrected chi connectivity index (χ1v) is 8.79. The number of nitrogens with zero attached hydrogens (tertiary/aromatic N) is 1. The van der Waals surface area contributed by atoms with E-state index in [-0.39, 0.29) is 36.3 Å². The van der Waals surface area contributed by atoms with Gasteiger partial charge in [0.05, 0.1) is 14.2 Å². The lowest BCUT2D eigenvalue weighted by molar-refractivity contribution is -0.153. The van der Waals surface area contributed by atoms with Gasteiger partial charge in [0.2, 0.25) is 0 Å². The zero-order valence-corrected chi connectivity index (χ0v) is 19.2. The Labute approximate surface area is 190 Å². The van der Waals surface area contributed by atoms with Crippen LogP contribution in [0.25, 0.3) is 0 Å². The van der Waals surface area contributed by atoms with Crippen LogP contribution in [-0.4, -0.2) is 40.0 Å². The van der Waals surface area contributed by atoms with Crippen molar-refractivity contribution in [2.75, 3.05) is 27.9 Å². The van der Waals surface area contributed by atoms with Gasteiger partial charge < -0.3 is 24.8 Å². The van der Waals surface area contributed by atoms with Crippen molar-refractivity contribution in [3.05, 3.63) is 53.6 Å². The van der Waals surface area contributed by atoms with Crippen LogP contribution in [0.5, 0.6) is 17.2 Å². The summed E-state index contributed by atoms with van der Waals surface area (Å²) in [5.74, 6) is 2.00. The SMILES string of the molecule is CN=C(NCc1ccc(OC)cc1OC)NCc1ccccc1OCC(F)(F)F.I. The first-order valence-electron chi connectivity index (χ1n) is 8.79. The fraction of sp³-hybridized carbons (Fsp3) is 0.350. The van der Waals surface area contributed by atoms with Crippen LogP contribution in [0.2, 0.25) is 0 Å². The van der Waals surface area contributed by atoms with E-state index in [2.05, 4.69) is 15.6 Å². The number of para-hydroxylation sites is 1. The van der Waals surface area contributed by atoms with Gasteiger partial charge in [-0.2, -0.15) is 13.2 Å². The zero-order chi connectivity index (χ0) is 21.3. The minimum absolute atomic E-state index is 0. The Morgan fingerprint density at radius 3 is 2.13 bits per heavy atom. The van der Waals surface area contributed by atoms with Gasteiger partial charge in [-0.15, -0.1) is 24.0 Å². The number of ether oxygens (including phenoxy) is 3. The summed E-state index contributed by atoms with van der Waals surface area (Å²) in [4.78, 5) is 4.13.